The molecule has 7 heteroatoms. The molecule has 3 aromatic rings. The molecule has 0 saturated carbocycles. The molecule has 0 bridgehead atoms. The zero-order chi connectivity index (χ0) is 21.0. The van der Waals surface area contributed by atoms with E-state index in [1.165, 1.54) is 17.7 Å². The van der Waals surface area contributed by atoms with Crippen LogP contribution in [0, 0.1) is 0 Å². The summed E-state index contributed by atoms with van der Waals surface area (Å²) in [5.41, 5.74) is 5.67. The number of nitrogens with zero attached hydrogens (tertiary/aromatic N) is 2. The number of aromatic nitrogens is 2. The summed E-state index contributed by atoms with van der Waals surface area (Å²) in [5.74, 6) is -0.433. The van der Waals surface area contributed by atoms with Crippen molar-refractivity contribution in [2.45, 2.75) is 26.3 Å². The Labute approximate surface area is 168 Å². The highest BCUT2D eigenvalue weighted by Gasteiger charge is 2.19. The molecule has 1 heterocycles. The molecule has 0 radical (unpaired) electrons. The van der Waals surface area contributed by atoms with Crippen molar-refractivity contribution in [2.24, 2.45) is 0 Å². The van der Waals surface area contributed by atoms with Gasteiger partial charge in [-0.2, -0.15) is 0 Å². The summed E-state index contributed by atoms with van der Waals surface area (Å²) in [7, 11) is 1.46. The number of benzene rings is 2. The van der Waals surface area contributed by atoms with Gasteiger partial charge in [-0.15, -0.1) is 0 Å². The fourth-order valence-electron chi connectivity index (χ4n) is 3.22. The van der Waals surface area contributed by atoms with E-state index < -0.39 is 17.2 Å². The predicted octanol–water partition coefficient (Wildman–Crippen LogP) is 2.75. The third kappa shape index (κ3) is 4.13. The Morgan fingerprint density at radius 1 is 1.17 bits per heavy atom. The van der Waals surface area contributed by atoms with Crippen LogP contribution < -0.4 is 21.9 Å². The lowest BCUT2D eigenvalue weighted by atomic mass is 10.0. The fraction of sp³-hybridized carbons (Fsp3) is 0.227. The van der Waals surface area contributed by atoms with Crippen molar-refractivity contribution in [2.75, 3.05) is 17.7 Å². The van der Waals surface area contributed by atoms with Crippen molar-refractivity contribution in [3.05, 3.63) is 74.9 Å². The van der Waals surface area contributed by atoms with Crippen LogP contribution in [0.4, 0.5) is 11.5 Å². The number of fused-ring (bicyclic) bond motifs is 1. The zero-order valence-electron chi connectivity index (χ0n) is 16.5. The monoisotopic (exact) mass is 392 g/mol. The average molecular weight is 392 g/mol. The molecule has 1 amide bonds. The number of anilines is 2. The van der Waals surface area contributed by atoms with Crippen LogP contribution in [0.2, 0.25) is 0 Å². The number of nitrogens with one attached hydrogen (secondary N) is 1. The molecule has 29 heavy (non-hydrogen) atoms. The lowest BCUT2D eigenvalue weighted by Crippen LogP contribution is -2.38. The molecule has 150 valence electrons. The van der Waals surface area contributed by atoms with E-state index in [9.17, 15) is 14.4 Å². The van der Waals surface area contributed by atoms with Crippen LogP contribution in [-0.2, 0) is 11.3 Å². The van der Waals surface area contributed by atoms with Gasteiger partial charge in [-0.3, -0.25) is 19.1 Å². The van der Waals surface area contributed by atoms with Crippen molar-refractivity contribution < 1.29 is 4.79 Å². The smallest absolute Gasteiger partial charge is 0.330 e. The largest absolute Gasteiger partial charge is 0.383 e. The number of aromatic amines is 1. The molecule has 2 aromatic carbocycles. The first kappa shape index (κ1) is 20.1. The van der Waals surface area contributed by atoms with Crippen LogP contribution in [0.3, 0.4) is 0 Å². The number of amides is 1. The molecule has 7 nitrogen and oxygen atoms in total. The van der Waals surface area contributed by atoms with Gasteiger partial charge in [0.2, 0.25) is 0 Å². The van der Waals surface area contributed by atoms with Crippen LogP contribution >= 0.6 is 0 Å². The molecule has 0 fully saturated rings. The molecule has 0 atom stereocenters. The molecular formula is C22H24N4O3. The van der Waals surface area contributed by atoms with Gasteiger partial charge in [-0.05, 0) is 28.8 Å². The Kier molecular flexibility index (Phi) is 5.97. The maximum Gasteiger partial charge on any atom is 0.330 e. The summed E-state index contributed by atoms with van der Waals surface area (Å²) < 4.78 is 1.29. The molecule has 0 unspecified atom stereocenters. The summed E-state index contributed by atoms with van der Waals surface area (Å²) in [6, 6.07) is 13.7. The number of hydrogen-bond donors (Lipinski definition) is 2. The minimum absolute atomic E-state index is 0.0124. The van der Waals surface area contributed by atoms with Gasteiger partial charge in [0.25, 0.3) is 11.5 Å². The highest BCUT2D eigenvalue weighted by atomic mass is 16.2. The Morgan fingerprint density at radius 2 is 1.90 bits per heavy atom. The van der Waals surface area contributed by atoms with Crippen molar-refractivity contribution in [1.82, 2.24) is 9.55 Å². The standard InChI is InChI=1S/C22H24N4O3/c1-3-4-14-26-20(23)19(21(28)24-22(26)29)25(2)18(27)13-12-16-10-7-9-15-8-5-6-11-17(15)16/h5-13H,3-4,14,23H2,1-2H3,(H,24,28,29)/b13-12+. The lowest BCUT2D eigenvalue weighted by Gasteiger charge is -2.19. The van der Waals surface area contributed by atoms with Crippen molar-refractivity contribution in [3.63, 3.8) is 0 Å². The minimum Gasteiger partial charge on any atom is -0.383 e. The number of nitrogens with two attached hydrogens (primary N) is 1. The number of hydrogen-bond acceptors (Lipinski definition) is 4. The molecule has 0 aliphatic heterocycles. The summed E-state index contributed by atoms with van der Waals surface area (Å²) in [6.45, 7) is 2.36. The van der Waals surface area contributed by atoms with Crippen molar-refractivity contribution in [1.29, 1.82) is 0 Å². The zero-order valence-corrected chi connectivity index (χ0v) is 16.5. The number of carbonyl (C=O) groups is 1. The molecule has 0 saturated heterocycles. The third-order valence-corrected chi connectivity index (χ3v) is 4.84. The van der Waals surface area contributed by atoms with Crippen LogP contribution in [0.1, 0.15) is 25.3 Å². The summed E-state index contributed by atoms with van der Waals surface area (Å²) in [6.07, 6.45) is 4.69. The van der Waals surface area contributed by atoms with Crippen LogP contribution in [0.15, 0.2) is 58.1 Å². The maximum atomic E-state index is 12.7. The van der Waals surface area contributed by atoms with E-state index >= 15 is 0 Å². The first-order valence-corrected chi connectivity index (χ1v) is 9.50. The SMILES string of the molecule is CCCCn1c(N)c(N(C)C(=O)/C=C/c2cccc3ccccc23)c(=O)[nH]c1=O. The Morgan fingerprint density at radius 3 is 2.66 bits per heavy atom. The average Bonchev–Trinajstić information content (AvgIpc) is 2.71. The number of likely N-dealkylation sites (N-methyl/N-ethyl adjacent to an activating group) is 1. The Hall–Kier alpha value is -3.61. The van der Waals surface area contributed by atoms with Gasteiger partial charge in [0.05, 0.1) is 0 Å². The first-order chi connectivity index (χ1) is 13.9. The van der Waals surface area contributed by atoms with Gasteiger partial charge in [-0.1, -0.05) is 55.8 Å². The fourth-order valence-corrected chi connectivity index (χ4v) is 3.22. The van der Waals surface area contributed by atoms with Gasteiger partial charge in [-0.25, -0.2) is 4.79 Å². The van der Waals surface area contributed by atoms with Crippen LogP contribution in [0.5, 0.6) is 0 Å². The van der Waals surface area contributed by atoms with Gasteiger partial charge < -0.3 is 10.6 Å². The molecule has 0 spiro atoms. The normalized spacial score (nSPS) is 11.2. The van der Waals surface area contributed by atoms with E-state index in [2.05, 4.69) is 4.98 Å². The van der Waals surface area contributed by atoms with E-state index in [-0.39, 0.29) is 11.5 Å². The second-order valence-corrected chi connectivity index (χ2v) is 6.80. The van der Waals surface area contributed by atoms with Gasteiger partial charge in [0.1, 0.15) is 5.82 Å². The molecule has 3 rings (SSSR count). The maximum absolute atomic E-state index is 12.7. The second-order valence-electron chi connectivity index (χ2n) is 6.80. The van der Waals surface area contributed by atoms with Crippen molar-refractivity contribution in [3.8, 4) is 0 Å². The van der Waals surface area contributed by atoms with Gasteiger partial charge >= 0.3 is 5.69 Å². The van der Waals surface area contributed by atoms with Gasteiger partial charge in [0.15, 0.2) is 5.69 Å². The number of rotatable bonds is 6. The van der Waals surface area contributed by atoms with E-state index in [1.807, 2.05) is 49.4 Å². The third-order valence-electron chi connectivity index (χ3n) is 4.84. The molecule has 3 N–H and O–H groups in total. The van der Waals surface area contributed by atoms with Gasteiger partial charge in [0, 0.05) is 19.7 Å². The molecular weight excluding hydrogens is 368 g/mol. The summed E-state index contributed by atoms with van der Waals surface area (Å²) >= 11 is 0. The number of H-pyrrole nitrogens is 1. The Bertz CT molecular complexity index is 1190. The van der Waals surface area contributed by atoms with Crippen LogP contribution in [-0.4, -0.2) is 22.5 Å². The minimum atomic E-state index is -0.686. The van der Waals surface area contributed by atoms with Crippen LogP contribution in [0.25, 0.3) is 16.8 Å². The number of nitrogen functional groups attached to an aromatic ring is 1. The second kappa shape index (κ2) is 8.60. The van der Waals surface area contributed by atoms with E-state index in [0.717, 1.165) is 34.1 Å². The van der Waals surface area contributed by atoms with E-state index in [0.29, 0.717) is 6.54 Å². The topological polar surface area (TPSA) is 101 Å². The highest BCUT2D eigenvalue weighted by molar-refractivity contribution is 6.05. The molecule has 0 aliphatic rings. The quantitative estimate of drug-likeness (QED) is 0.630. The number of unbranched alkanes of at least 4 members (excludes halogenated alkanes) is 1. The highest BCUT2D eigenvalue weighted by Crippen LogP contribution is 2.20. The summed E-state index contributed by atoms with van der Waals surface area (Å²) in [4.78, 5) is 40.5. The first-order valence-electron chi connectivity index (χ1n) is 9.50. The molecule has 0 aliphatic carbocycles. The molecule has 1 aromatic heterocycles. The van der Waals surface area contributed by atoms with E-state index in [1.54, 1.807) is 6.08 Å². The Balaban J connectivity index is 1.93. The van der Waals surface area contributed by atoms with Crippen molar-refractivity contribution >= 4 is 34.3 Å². The summed E-state index contributed by atoms with van der Waals surface area (Å²) in [5, 5.41) is 2.09. The predicted molar refractivity (Wildman–Crippen MR) is 117 cm³/mol. The van der Waals surface area contributed by atoms with E-state index in [4.69, 9.17) is 5.73 Å². The lowest BCUT2D eigenvalue weighted by molar-refractivity contribution is -0.113. The number of carbonyl (C=O) groups excluding carboxylic acids is 1.